The first-order valence-corrected chi connectivity index (χ1v) is 39.2. The molecule has 4 nitrogen and oxygen atoms in total. The summed E-state index contributed by atoms with van der Waals surface area (Å²) in [6.45, 7) is 13.6. The Kier molecular flexibility index (Phi) is 34.6. The van der Waals surface area contributed by atoms with E-state index in [0.29, 0.717) is 12.8 Å². The monoisotopic (exact) mass is 898 g/mol. The summed E-state index contributed by atoms with van der Waals surface area (Å²) >= 11 is -6.93. The number of rotatable bonds is 36. The van der Waals surface area contributed by atoms with Gasteiger partial charge in [0.2, 0.25) is 0 Å². The predicted molar refractivity (Wildman–Crippen MR) is 214 cm³/mol. The smallest absolute Gasteiger partial charge is 0.0654 e. The summed E-state index contributed by atoms with van der Waals surface area (Å²) in [7, 11) is 0. The van der Waals surface area contributed by atoms with Crippen molar-refractivity contribution in [2.45, 2.75) is 239 Å². The van der Waals surface area contributed by atoms with Crippen molar-refractivity contribution in [1.29, 1.82) is 0 Å². The van der Waals surface area contributed by atoms with Crippen LogP contribution in [0.25, 0.3) is 0 Å². The van der Waals surface area contributed by atoms with Gasteiger partial charge in [0, 0.05) is 0 Å². The molecule has 47 heavy (non-hydrogen) atoms. The normalized spacial score (nSPS) is 12.0. The zero-order valence-electron chi connectivity index (χ0n) is 32.7. The van der Waals surface area contributed by atoms with Crippen LogP contribution in [0.4, 0.5) is 0 Å². The topological polar surface area (TPSA) is 52.6 Å². The van der Waals surface area contributed by atoms with Crippen LogP contribution in [0.5, 0.6) is 0 Å². The summed E-state index contributed by atoms with van der Waals surface area (Å²) in [5.74, 6) is 0.131. The molecule has 0 bridgehead atoms. The fourth-order valence-corrected chi connectivity index (χ4v) is 106. The summed E-state index contributed by atoms with van der Waals surface area (Å²) in [5.41, 5.74) is 0. The first-order chi connectivity index (χ1) is 22.9. The van der Waals surface area contributed by atoms with Gasteiger partial charge in [-0.1, -0.05) is 13.8 Å². The van der Waals surface area contributed by atoms with Gasteiger partial charge in [0.25, 0.3) is 0 Å². The van der Waals surface area contributed by atoms with E-state index in [1.54, 1.807) is 0 Å². The van der Waals surface area contributed by atoms with Crippen LogP contribution < -0.4 is 0 Å². The van der Waals surface area contributed by atoms with E-state index in [2.05, 4.69) is 47.7 Å². The van der Waals surface area contributed by atoms with Crippen LogP contribution >= 0.6 is 6.13 Å². The Hall–Kier alpha value is 0.887. The van der Waals surface area contributed by atoms with Gasteiger partial charge in [-0.05, 0) is 0 Å². The van der Waals surface area contributed by atoms with Crippen LogP contribution in [0.2, 0.25) is 17.7 Å². The molecule has 0 amide bonds. The number of hydrogen-bond donors (Lipinski definition) is 0. The molecule has 280 valence electrons. The van der Waals surface area contributed by atoms with Crippen molar-refractivity contribution in [3.63, 3.8) is 0 Å². The minimum Gasteiger partial charge on any atom is -0.0654 e. The summed E-state index contributed by atoms with van der Waals surface area (Å²) < 4.78 is 18.1. The molecule has 0 aromatic rings. The van der Waals surface area contributed by atoms with Crippen molar-refractivity contribution >= 4 is 52.9 Å². The SMILES string of the molecule is CCCCCCCCCCCC(=O)[O][Sn]([CH2]CCC)([CH2]CCC)[S][Sn]([CH2]CCC)([CH2]CCC)[O]C(=O)CCCCCCCCCCC. The summed E-state index contributed by atoms with van der Waals surface area (Å²) in [5, 5.41) is 0. The molecule has 0 heterocycles. The Morgan fingerprint density at radius 2 is 0.596 bits per heavy atom. The average molecular weight is 897 g/mol. The van der Waals surface area contributed by atoms with Gasteiger partial charge >= 0.3 is 294 Å². The molecule has 0 fully saturated rings. The maximum absolute atomic E-state index is 13.6. The van der Waals surface area contributed by atoms with Crippen molar-refractivity contribution in [2.75, 3.05) is 0 Å². The maximum atomic E-state index is 13.6. The first kappa shape index (κ1) is 47.9. The van der Waals surface area contributed by atoms with Crippen LogP contribution in [0, 0.1) is 0 Å². The van der Waals surface area contributed by atoms with E-state index in [-0.39, 0.29) is 11.9 Å². The summed E-state index contributed by atoms with van der Waals surface area (Å²) in [6.07, 6.45) is 35.0. The molecule has 0 N–H and O–H groups in total. The van der Waals surface area contributed by atoms with E-state index in [9.17, 15) is 9.59 Å². The Bertz CT molecular complexity index is 646. The average Bonchev–Trinajstić information content (AvgIpc) is 3.06. The number of carbonyl (C=O) groups is 2. The van der Waals surface area contributed by atoms with Gasteiger partial charge < -0.3 is 0 Å². The number of hydrogen-bond acceptors (Lipinski definition) is 5. The first-order valence-electron chi connectivity index (χ1n) is 21.0. The van der Waals surface area contributed by atoms with Gasteiger partial charge in [-0.3, -0.25) is 0 Å². The molecule has 0 aromatic carbocycles. The van der Waals surface area contributed by atoms with E-state index in [4.69, 9.17) is 6.15 Å². The molecule has 0 spiro atoms. The third-order valence-corrected chi connectivity index (χ3v) is 82.2. The second kappa shape index (κ2) is 34.0. The van der Waals surface area contributed by atoms with Gasteiger partial charge in [0.15, 0.2) is 0 Å². The van der Waals surface area contributed by atoms with Crippen LogP contribution in [0.3, 0.4) is 0 Å². The van der Waals surface area contributed by atoms with Crippen molar-refractivity contribution in [2.24, 2.45) is 0 Å². The molecule has 0 aliphatic rings. The molecular formula is C40H82O4SSn2. The van der Waals surface area contributed by atoms with Crippen LogP contribution in [-0.4, -0.2) is 46.8 Å². The van der Waals surface area contributed by atoms with Gasteiger partial charge in [0.05, 0.1) is 0 Å². The molecule has 0 unspecified atom stereocenters. The van der Waals surface area contributed by atoms with Crippen molar-refractivity contribution in [1.82, 2.24) is 0 Å². The molecule has 0 rings (SSSR count). The van der Waals surface area contributed by atoms with E-state index in [1.165, 1.54) is 89.9 Å². The second-order valence-corrected chi connectivity index (χ2v) is 55.4. The standard InChI is InChI=1S/2C12H24O2.4C4H9.S.2Sn/c2*1-2-3-4-5-6-7-8-9-10-11-12(13)14;4*1-3-4-2;;;/h2*2-11H2,1H3,(H,13,14);4*1,3-4H2,2H3;;;/q;;;;;;;2*+1/p-2. The number of carbonyl (C=O) groups excluding carboxylic acids is 2. The Morgan fingerprint density at radius 3 is 0.851 bits per heavy atom. The Labute approximate surface area is 305 Å². The van der Waals surface area contributed by atoms with Crippen LogP contribution in [0.1, 0.15) is 221 Å². The second-order valence-electron chi connectivity index (χ2n) is 14.4. The third kappa shape index (κ3) is 27.2. The van der Waals surface area contributed by atoms with E-state index in [0.717, 1.165) is 94.8 Å². The van der Waals surface area contributed by atoms with E-state index in [1.807, 2.05) is 0 Å². The molecule has 0 atom stereocenters. The Morgan fingerprint density at radius 1 is 0.362 bits per heavy atom. The van der Waals surface area contributed by atoms with Gasteiger partial charge in [-0.2, -0.15) is 0 Å². The van der Waals surface area contributed by atoms with Gasteiger partial charge in [-0.25, -0.2) is 0 Å². The minimum absolute atomic E-state index is 0.0654. The fourth-order valence-electron chi connectivity index (χ4n) is 6.50. The molecule has 0 aliphatic carbocycles. The van der Waals surface area contributed by atoms with Crippen LogP contribution in [0.15, 0.2) is 0 Å². The molecule has 0 saturated carbocycles. The summed E-state index contributed by atoms with van der Waals surface area (Å²) in [4.78, 5) is 27.1. The molecule has 7 heteroatoms. The zero-order valence-corrected chi connectivity index (χ0v) is 39.2. The molecular weight excluding hydrogens is 814 g/mol. The van der Waals surface area contributed by atoms with E-state index >= 15 is 0 Å². The van der Waals surface area contributed by atoms with Crippen molar-refractivity contribution < 1.29 is 15.7 Å². The molecule has 0 aromatic heterocycles. The number of unbranched alkanes of at least 4 members (excludes halogenated alkanes) is 20. The van der Waals surface area contributed by atoms with Gasteiger partial charge in [0.1, 0.15) is 0 Å². The summed E-state index contributed by atoms with van der Waals surface area (Å²) in [6, 6.07) is 0. The van der Waals surface area contributed by atoms with Crippen molar-refractivity contribution in [3.05, 3.63) is 0 Å². The van der Waals surface area contributed by atoms with Crippen molar-refractivity contribution in [3.8, 4) is 0 Å². The molecule has 0 radical (unpaired) electrons. The molecule has 0 aliphatic heterocycles. The zero-order chi connectivity index (χ0) is 34.9. The quantitative estimate of drug-likeness (QED) is 0.0463. The van der Waals surface area contributed by atoms with Crippen LogP contribution in [-0.2, 0) is 15.7 Å². The minimum atomic E-state index is -3.47. The Balaban J connectivity index is 5.55. The molecule has 0 saturated heterocycles. The fraction of sp³-hybridized carbons (Fsp3) is 0.950. The van der Waals surface area contributed by atoms with Gasteiger partial charge in [-0.15, -0.1) is 0 Å². The predicted octanol–water partition coefficient (Wildman–Crippen LogP) is 14.7. The third-order valence-electron chi connectivity index (χ3n) is 9.59. The van der Waals surface area contributed by atoms with E-state index < -0.39 is 34.8 Å².